The minimum absolute atomic E-state index is 0.120. The number of rotatable bonds is 7. The van der Waals surface area contributed by atoms with Crippen LogP contribution in [0.4, 0.5) is 20.6 Å². The molecule has 30 heavy (non-hydrogen) atoms. The molecule has 1 aromatic carbocycles. The van der Waals surface area contributed by atoms with E-state index in [-0.39, 0.29) is 12.0 Å². The van der Waals surface area contributed by atoms with Gasteiger partial charge >= 0.3 is 6.09 Å². The molecule has 1 atom stereocenters. The molecule has 2 aliphatic rings. The van der Waals surface area contributed by atoms with Gasteiger partial charge in [-0.3, -0.25) is 9.69 Å². The number of ether oxygens (including phenoxy) is 1. The standard InChI is InChI=1S/C20H27FN4O3S2/c1-3-18(29)22-11-15-12-25(20(27)28-15)14-4-5-17(16(21)10-14)23-6-8-24(9-7-23)19(26)13-30-2/h4-5,10,15H,3,6-9,11-13H2,1-2H3,(H,22,29). The molecule has 2 heterocycles. The second-order valence-electron chi connectivity index (χ2n) is 7.21. The molecule has 1 aromatic rings. The fourth-order valence-corrected chi connectivity index (χ4v) is 4.04. The molecule has 0 saturated carbocycles. The summed E-state index contributed by atoms with van der Waals surface area (Å²) >= 11 is 6.63. The number of carbonyl (C=O) groups is 2. The molecule has 0 spiro atoms. The van der Waals surface area contributed by atoms with E-state index in [0.717, 1.165) is 11.4 Å². The van der Waals surface area contributed by atoms with Crippen LogP contribution in [0.3, 0.4) is 0 Å². The number of piperazine rings is 1. The lowest BCUT2D eigenvalue weighted by atomic mass is 10.2. The van der Waals surface area contributed by atoms with E-state index in [0.29, 0.717) is 56.4 Å². The fourth-order valence-electron chi connectivity index (χ4n) is 3.52. The van der Waals surface area contributed by atoms with E-state index in [4.69, 9.17) is 17.0 Å². The number of hydrogen-bond donors (Lipinski definition) is 1. The molecule has 0 radical (unpaired) electrons. The Bertz CT molecular complexity index is 802. The molecule has 10 heteroatoms. The predicted octanol–water partition coefficient (Wildman–Crippen LogP) is 2.49. The Morgan fingerprint density at radius 3 is 2.70 bits per heavy atom. The molecule has 1 unspecified atom stereocenters. The summed E-state index contributed by atoms with van der Waals surface area (Å²) in [5.74, 6) is 0.197. The van der Waals surface area contributed by atoms with E-state index >= 15 is 0 Å². The summed E-state index contributed by atoms with van der Waals surface area (Å²) in [7, 11) is 0. The van der Waals surface area contributed by atoms with Crippen molar-refractivity contribution in [1.29, 1.82) is 0 Å². The quantitative estimate of drug-likeness (QED) is 0.635. The summed E-state index contributed by atoms with van der Waals surface area (Å²) in [5, 5.41) is 3.07. The van der Waals surface area contributed by atoms with Crippen LogP contribution in [0.1, 0.15) is 13.3 Å². The zero-order valence-electron chi connectivity index (χ0n) is 17.2. The fraction of sp³-hybridized carbons (Fsp3) is 0.550. The molecular formula is C20H27FN4O3S2. The van der Waals surface area contributed by atoms with Crippen molar-refractivity contribution in [2.75, 3.05) is 61.1 Å². The topological polar surface area (TPSA) is 65.1 Å². The van der Waals surface area contributed by atoms with Gasteiger partial charge in [0.05, 0.1) is 35.2 Å². The van der Waals surface area contributed by atoms with Gasteiger partial charge in [-0.15, -0.1) is 0 Å². The summed E-state index contributed by atoms with van der Waals surface area (Å²) in [6.07, 6.45) is 1.81. The third-order valence-corrected chi connectivity index (χ3v) is 6.17. The first-order valence-electron chi connectivity index (χ1n) is 9.99. The van der Waals surface area contributed by atoms with Crippen LogP contribution in [0.5, 0.6) is 0 Å². The van der Waals surface area contributed by atoms with E-state index in [9.17, 15) is 14.0 Å². The third-order valence-electron chi connectivity index (χ3n) is 5.21. The van der Waals surface area contributed by atoms with Crippen LogP contribution >= 0.6 is 24.0 Å². The van der Waals surface area contributed by atoms with Crippen LogP contribution in [-0.2, 0) is 9.53 Å². The Hall–Kier alpha value is -2.07. The molecule has 2 saturated heterocycles. The van der Waals surface area contributed by atoms with Crippen molar-refractivity contribution in [3.63, 3.8) is 0 Å². The van der Waals surface area contributed by atoms with E-state index in [2.05, 4.69) is 5.32 Å². The Balaban J connectivity index is 1.60. The maximum atomic E-state index is 14.9. The number of amides is 2. The molecule has 2 amide bonds. The second-order valence-corrected chi connectivity index (χ2v) is 8.57. The summed E-state index contributed by atoms with van der Waals surface area (Å²) < 4.78 is 20.2. The Morgan fingerprint density at radius 1 is 1.33 bits per heavy atom. The SMILES string of the molecule is CCC(=S)NCC1CN(c2ccc(N3CCN(C(=O)CSC)CC3)c(F)c2)C(=O)O1. The number of cyclic esters (lactones) is 1. The van der Waals surface area contributed by atoms with Crippen LogP contribution in [0.2, 0.25) is 0 Å². The van der Waals surface area contributed by atoms with Gasteiger partial charge in [-0.05, 0) is 30.9 Å². The van der Waals surface area contributed by atoms with Crippen molar-refractivity contribution >= 4 is 52.3 Å². The summed E-state index contributed by atoms with van der Waals surface area (Å²) in [6, 6.07) is 4.79. The molecule has 0 bridgehead atoms. The molecule has 2 aliphatic heterocycles. The van der Waals surface area contributed by atoms with Crippen LogP contribution in [0, 0.1) is 5.82 Å². The van der Waals surface area contributed by atoms with E-state index in [1.165, 1.54) is 22.7 Å². The molecule has 164 valence electrons. The van der Waals surface area contributed by atoms with Gasteiger partial charge in [0.25, 0.3) is 0 Å². The first kappa shape index (κ1) is 22.6. The monoisotopic (exact) mass is 454 g/mol. The number of halogens is 1. The van der Waals surface area contributed by atoms with Gasteiger partial charge in [0.15, 0.2) is 0 Å². The van der Waals surface area contributed by atoms with Crippen LogP contribution < -0.4 is 15.1 Å². The smallest absolute Gasteiger partial charge is 0.414 e. The number of hydrogen-bond acceptors (Lipinski definition) is 6. The molecule has 0 aromatic heterocycles. The lowest BCUT2D eigenvalue weighted by molar-refractivity contribution is -0.128. The van der Waals surface area contributed by atoms with Gasteiger partial charge in [0.2, 0.25) is 5.91 Å². The van der Waals surface area contributed by atoms with Gasteiger partial charge in [-0.25, -0.2) is 9.18 Å². The van der Waals surface area contributed by atoms with E-state index in [1.54, 1.807) is 12.1 Å². The predicted molar refractivity (Wildman–Crippen MR) is 122 cm³/mol. The number of nitrogens with zero attached hydrogens (tertiary/aromatic N) is 3. The van der Waals surface area contributed by atoms with Crippen molar-refractivity contribution in [3.05, 3.63) is 24.0 Å². The summed E-state index contributed by atoms with van der Waals surface area (Å²) in [4.78, 5) is 30.1. The average Bonchev–Trinajstić information content (AvgIpc) is 3.12. The normalized spacial score (nSPS) is 19.1. The van der Waals surface area contributed by atoms with Crippen molar-refractivity contribution in [1.82, 2.24) is 10.2 Å². The molecule has 7 nitrogen and oxygen atoms in total. The zero-order chi connectivity index (χ0) is 21.7. The Kier molecular flexibility index (Phi) is 7.76. The number of anilines is 2. The van der Waals surface area contributed by atoms with Gasteiger partial charge in [-0.1, -0.05) is 19.1 Å². The summed E-state index contributed by atoms with van der Waals surface area (Å²) in [5.41, 5.74) is 0.949. The minimum Gasteiger partial charge on any atom is -0.442 e. The van der Waals surface area contributed by atoms with Gasteiger partial charge in [0.1, 0.15) is 11.9 Å². The maximum Gasteiger partial charge on any atom is 0.414 e. The van der Waals surface area contributed by atoms with Gasteiger partial charge in [-0.2, -0.15) is 11.8 Å². The average molecular weight is 455 g/mol. The number of thioether (sulfide) groups is 1. The van der Waals surface area contributed by atoms with Gasteiger partial charge in [0, 0.05) is 26.2 Å². The molecular weight excluding hydrogens is 427 g/mol. The van der Waals surface area contributed by atoms with Crippen molar-refractivity contribution in [3.8, 4) is 0 Å². The number of carbonyl (C=O) groups excluding carboxylic acids is 2. The largest absolute Gasteiger partial charge is 0.442 e. The summed E-state index contributed by atoms with van der Waals surface area (Å²) in [6.45, 7) is 5.04. The molecule has 1 N–H and O–H groups in total. The minimum atomic E-state index is -0.489. The first-order chi connectivity index (χ1) is 14.4. The molecule has 0 aliphatic carbocycles. The highest BCUT2D eigenvalue weighted by molar-refractivity contribution is 7.99. The highest BCUT2D eigenvalue weighted by Crippen LogP contribution is 2.28. The van der Waals surface area contributed by atoms with Crippen molar-refractivity contribution in [2.24, 2.45) is 0 Å². The number of thiocarbonyl (C=S) groups is 1. The van der Waals surface area contributed by atoms with E-state index in [1.807, 2.05) is 23.0 Å². The Morgan fingerprint density at radius 2 is 2.07 bits per heavy atom. The lowest BCUT2D eigenvalue weighted by Crippen LogP contribution is -2.49. The van der Waals surface area contributed by atoms with Crippen LogP contribution in [0.15, 0.2) is 18.2 Å². The first-order valence-corrected chi connectivity index (χ1v) is 11.8. The molecule has 3 rings (SSSR count). The second kappa shape index (κ2) is 10.3. The third kappa shape index (κ3) is 5.34. The van der Waals surface area contributed by atoms with Crippen LogP contribution in [0.25, 0.3) is 0 Å². The van der Waals surface area contributed by atoms with Crippen molar-refractivity contribution in [2.45, 2.75) is 19.4 Å². The lowest BCUT2D eigenvalue weighted by Gasteiger charge is -2.36. The maximum absolute atomic E-state index is 14.9. The zero-order valence-corrected chi connectivity index (χ0v) is 18.9. The van der Waals surface area contributed by atoms with Gasteiger partial charge < -0.3 is 19.9 Å². The van der Waals surface area contributed by atoms with Crippen LogP contribution in [-0.4, -0.2) is 79.3 Å². The Labute approximate surface area is 185 Å². The van der Waals surface area contributed by atoms with Crippen molar-refractivity contribution < 1.29 is 18.7 Å². The number of nitrogens with one attached hydrogen (secondary N) is 1. The highest BCUT2D eigenvalue weighted by atomic mass is 32.2. The number of benzene rings is 1. The molecule has 2 fully saturated rings. The van der Waals surface area contributed by atoms with E-state index < -0.39 is 11.9 Å². The highest BCUT2D eigenvalue weighted by Gasteiger charge is 2.33.